The molecule has 1 N–H and O–H groups in total. The number of nitrogens with zero attached hydrogens (tertiary/aromatic N) is 3. The van der Waals surface area contributed by atoms with Gasteiger partial charge in [0.2, 0.25) is 0 Å². The summed E-state index contributed by atoms with van der Waals surface area (Å²) in [7, 11) is 1.70. The number of ether oxygens (including phenoxy) is 1. The fraction of sp³-hybridized carbons (Fsp3) is 0.333. The fourth-order valence-corrected chi connectivity index (χ4v) is 4.22. The number of para-hydroxylation sites is 2. The Bertz CT molecular complexity index is 1080. The van der Waals surface area contributed by atoms with Gasteiger partial charge in [-0.25, -0.2) is 0 Å². The molecule has 1 fully saturated rings. The van der Waals surface area contributed by atoms with Gasteiger partial charge in [-0.05, 0) is 25.1 Å². The number of benzene rings is 2. The number of piperazine rings is 1. The summed E-state index contributed by atoms with van der Waals surface area (Å²) < 4.78 is 10.8. The molecule has 0 radical (unpaired) electrons. The molecule has 1 aliphatic rings. The van der Waals surface area contributed by atoms with Crippen molar-refractivity contribution in [3.8, 4) is 17.0 Å². The number of hydrogen-bond acceptors (Lipinski definition) is 6. The number of rotatable bonds is 7. The monoisotopic (exact) mass is 454 g/mol. The highest BCUT2D eigenvalue weighted by Crippen LogP contribution is 2.31. The maximum Gasteiger partial charge on any atom is 0.257 e. The molecule has 0 saturated carbocycles. The maximum atomic E-state index is 12.9. The summed E-state index contributed by atoms with van der Waals surface area (Å²) >= 11 is 6.29. The molecule has 7 nitrogen and oxygen atoms in total. The van der Waals surface area contributed by atoms with Crippen LogP contribution in [0.4, 0.5) is 5.69 Å². The summed E-state index contributed by atoms with van der Waals surface area (Å²) in [5, 5.41) is 7.61. The molecule has 0 atom stereocenters. The highest BCUT2D eigenvalue weighted by Gasteiger charge is 2.23. The number of anilines is 1. The number of halogens is 1. The highest BCUT2D eigenvalue weighted by atomic mass is 35.5. The third-order valence-electron chi connectivity index (χ3n) is 5.73. The molecule has 1 saturated heterocycles. The number of nitrogens with one attached hydrogen (secondary N) is 1. The molecule has 2 aromatic carbocycles. The number of hydrogen-bond donors (Lipinski definition) is 1. The molecule has 1 amide bonds. The zero-order valence-corrected chi connectivity index (χ0v) is 19.1. The summed E-state index contributed by atoms with van der Waals surface area (Å²) in [6.07, 6.45) is 0. The van der Waals surface area contributed by atoms with Gasteiger partial charge in [-0.2, -0.15) is 0 Å². The van der Waals surface area contributed by atoms with Crippen LogP contribution in [-0.2, 0) is 0 Å². The van der Waals surface area contributed by atoms with E-state index in [4.69, 9.17) is 20.9 Å². The minimum absolute atomic E-state index is 0.202. The van der Waals surface area contributed by atoms with Crippen molar-refractivity contribution in [3.05, 3.63) is 64.9 Å². The molecule has 8 heteroatoms. The van der Waals surface area contributed by atoms with E-state index in [1.54, 1.807) is 20.1 Å². The summed E-state index contributed by atoms with van der Waals surface area (Å²) in [6, 6.07) is 15.4. The molecule has 0 unspecified atom stereocenters. The highest BCUT2D eigenvalue weighted by molar-refractivity contribution is 6.33. The van der Waals surface area contributed by atoms with Gasteiger partial charge in [0, 0.05) is 44.8 Å². The van der Waals surface area contributed by atoms with E-state index in [2.05, 4.69) is 26.3 Å². The van der Waals surface area contributed by atoms with E-state index < -0.39 is 0 Å². The Morgan fingerprint density at radius 1 is 1.12 bits per heavy atom. The van der Waals surface area contributed by atoms with Crippen LogP contribution in [0.5, 0.6) is 5.75 Å². The van der Waals surface area contributed by atoms with Gasteiger partial charge < -0.3 is 19.5 Å². The maximum absolute atomic E-state index is 12.9. The predicted octanol–water partition coefficient (Wildman–Crippen LogP) is 3.86. The minimum Gasteiger partial charge on any atom is -0.495 e. The van der Waals surface area contributed by atoms with Crippen LogP contribution in [0.3, 0.4) is 0 Å². The lowest BCUT2D eigenvalue weighted by Gasteiger charge is -2.36. The van der Waals surface area contributed by atoms with Gasteiger partial charge in [0.25, 0.3) is 5.91 Å². The molecule has 32 heavy (non-hydrogen) atoms. The molecule has 3 aromatic rings. The third-order valence-corrected chi connectivity index (χ3v) is 6.06. The van der Waals surface area contributed by atoms with E-state index in [1.165, 1.54) is 0 Å². The first-order chi connectivity index (χ1) is 15.6. The van der Waals surface area contributed by atoms with Gasteiger partial charge in [0.05, 0.1) is 17.8 Å². The van der Waals surface area contributed by atoms with E-state index in [0.717, 1.165) is 44.2 Å². The lowest BCUT2D eigenvalue weighted by atomic mass is 10.1. The van der Waals surface area contributed by atoms with Crippen molar-refractivity contribution in [2.45, 2.75) is 6.92 Å². The average Bonchev–Trinajstić information content (AvgIpc) is 3.21. The molecule has 0 spiro atoms. The lowest BCUT2D eigenvalue weighted by Crippen LogP contribution is -2.48. The van der Waals surface area contributed by atoms with Crippen molar-refractivity contribution in [1.82, 2.24) is 15.4 Å². The number of aryl methyl sites for hydroxylation is 1. The molecular weight excluding hydrogens is 428 g/mol. The summed E-state index contributed by atoms with van der Waals surface area (Å²) in [5.41, 5.74) is 2.71. The van der Waals surface area contributed by atoms with Crippen LogP contribution < -0.4 is 15.0 Å². The van der Waals surface area contributed by atoms with Gasteiger partial charge in [-0.15, -0.1) is 0 Å². The van der Waals surface area contributed by atoms with E-state index >= 15 is 0 Å². The minimum atomic E-state index is -0.202. The van der Waals surface area contributed by atoms with Crippen molar-refractivity contribution in [1.29, 1.82) is 0 Å². The van der Waals surface area contributed by atoms with Crippen molar-refractivity contribution in [3.63, 3.8) is 0 Å². The number of carbonyl (C=O) groups excluding carboxylic acids is 1. The molecule has 2 heterocycles. The zero-order chi connectivity index (χ0) is 22.5. The molecule has 0 aliphatic carbocycles. The van der Waals surface area contributed by atoms with Gasteiger partial charge in [0.1, 0.15) is 22.8 Å². The van der Waals surface area contributed by atoms with Crippen LogP contribution in [-0.4, -0.2) is 62.3 Å². The van der Waals surface area contributed by atoms with E-state index in [0.29, 0.717) is 34.1 Å². The quantitative estimate of drug-likeness (QED) is 0.584. The van der Waals surface area contributed by atoms with Crippen LogP contribution in [0, 0.1) is 6.92 Å². The second kappa shape index (κ2) is 10.1. The normalized spacial score (nSPS) is 14.4. The Hall–Kier alpha value is -3.03. The first kappa shape index (κ1) is 22.2. The fourth-order valence-electron chi connectivity index (χ4n) is 4.00. The Balaban J connectivity index is 1.31. The third kappa shape index (κ3) is 4.74. The van der Waals surface area contributed by atoms with Crippen molar-refractivity contribution in [2.24, 2.45) is 0 Å². The standard InChI is InChI=1S/C24H27ClN4O3/c1-17-22(23(27-32-17)18-7-3-4-8-19(18)25)24(30)26-11-12-28-13-15-29(16-14-28)20-9-5-6-10-21(20)31-2/h3-10H,11-16H2,1-2H3,(H,26,30). The van der Waals surface area contributed by atoms with Gasteiger partial charge >= 0.3 is 0 Å². The Morgan fingerprint density at radius 3 is 2.59 bits per heavy atom. The Kier molecular flexibility index (Phi) is 6.97. The van der Waals surface area contributed by atoms with E-state index in [9.17, 15) is 4.79 Å². The number of amides is 1. The molecule has 4 rings (SSSR count). The van der Waals surface area contributed by atoms with Gasteiger partial charge in [-0.1, -0.05) is 47.1 Å². The van der Waals surface area contributed by atoms with Crippen LogP contribution in [0.1, 0.15) is 16.1 Å². The molecule has 168 valence electrons. The predicted molar refractivity (Wildman–Crippen MR) is 126 cm³/mol. The molecule has 0 bridgehead atoms. The first-order valence-corrected chi connectivity index (χ1v) is 11.1. The van der Waals surface area contributed by atoms with Crippen LogP contribution in [0.2, 0.25) is 5.02 Å². The largest absolute Gasteiger partial charge is 0.495 e. The van der Waals surface area contributed by atoms with Crippen LogP contribution in [0.25, 0.3) is 11.3 Å². The second-order valence-corrected chi connectivity index (χ2v) is 8.11. The van der Waals surface area contributed by atoms with Crippen LogP contribution >= 0.6 is 11.6 Å². The van der Waals surface area contributed by atoms with Crippen molar-refractivity contribution >= 4 is 23.2 Å². The molecule has 1 aliphatic heterocycles. The SMILES string of the molecule is COc1ccccc1N1CCN(CCNC(=O)c2c(-c3ccccc3Cl)noc2C)CC1. The molecule has 1 aromatic heterocycles. The van der Waals surface area contributed by atoms with Gasteiger partial charge in [-0.3, -0.25) is 9.69 Å². The van der Waals surface area contributed by atoms with Crippen molar-refractivity contribution < 1.29 is 14.1 Å². The molecular formula is C24H27ClN4O3. The van der Waals surface area contributed by atoms with E-state index in [-0.39, 0.29) is 5.91 Å². The van der Waals surface area contributed by atoms with Gasteiger partial charge in [0.15, 0.2) is 0 Å². The summed E-state index contributed by atoms with van der Waals surface area (Å²) in [5.74, 6) is 1.17. The number of methoxy groups -OCH3 is 1. The number of carbonyl (C=O) groups is 1. The Labute approximate surface area is 192 Å². The average molecular weight is 455 g/mol. The van der Waals surface area contributed by atoms with E-state index in [1.807, 2.05) is 36.4 Å². The van der Waals surface area contributed by atoms with Crippen LogP contribution in [0.15, 0.2) is 53.1 Å². The lowest BCUT2D eigenvalue weighted by molar-refractivity contribution is 0.0947. The Morgan fingerprint density at radius 2 is 1.84 bits per heavy atom. The smallest absolute Gasteiger partial charge is 0.257 e. The van der Waals surface area contributed by atoms with Crippen molar-refractivity contribution in [2.75, 3.05) is 51.3 Å². The zero-order valence-electron chi connectivity index (χ0n) is 18.3. The first-order valence-electron chi connectivity index (χ1n) is 10.7. The number of aromatic nitrogens is 1. The topological polar surface area (TPSA) is 70.8 Å². The summed E-state index contributed by atoms with van der Waals surface area (Å²) in [4.78, 5) is 17.6. The summed E-state index contributed by atoms with van der Waals surface area (Å²) in [6.45, 7) is 6.72. The second-order valence-electron chi connectivity index (χ2n) is 7.70.